The fraction of sp³-hybridized carbons (Fsp3) is 0.474. The third-order valence-corrected chi connectivity index (χ3v) is 5.10. The lowest BCUT2D eigenvalue weighted by Crippen LogP contribution is -2.34. The van der Waals surface area contributed by atoms with Gasteiger partial charge < -0.3 is 5.32 Å². The summed E-state index contributed by atoms with van der Waals surface area (Å²) in [5.74, 6) is -0.216. The maximum atomic E-state index is 13.0. The van der Waals surface area contributed by atoms with Gasteiger partial charge in [-0.3, -0.25) is 9.48 Å². The van der Waals surface area contributed by atoms with Crippen molar-refractivity contribution in [3.05, 3.63) is 52.8 Å². The number of alkyl halides is 3. The second-order valence-electron chi connectivity index (χ2n) is 7.10. The van der Waals surface area contributed by atoms with Gasteiger partial charge in [0.15, 0.2) is 5.69 Å². The summed E-state index contributed by atoms with van der Waals surface area (Å²) in [7, 11) is 0. The van der Waals surface area contributed by atoms with Crippen LogP contribution in [0.1, 0.15) is 60.2 Å². The van der Waals surface area contributed by atoms with Gasteiger partial charge in [-0.2, -0.15) is 18.3 Å². The maximum absolute atomic E-state index is 13.0. The average molecular weight is 363 g/mol. The molecule has 1 aromatic heterocycles. The van der Waals surface area contributed by atoms with Crippen molar-refractivity contribution in [2.75, 3.05) is 0 Å². The molecular formula is C19H20F3N3O. The number of halogens is 3. The van der Waals surface area contributed by atoms with Crippen LogP contribution in [0.15, 0.2) is 30.3 Å². The van der Waals surface area contributed by atoms with Crippen LogP contribution in [0.2, 0.25) is 0 Å². The Morgan fingerprint density at radius 2 is 2.00 bits per heavy atom. The molecule has 2 aromatic rings. The average Bonchev–Trinajstić information content (AvgIpc) is 3.35. The lowest BCUT2D eigenvalue weighted by Gasteiger charge is -2.26. The van der Waals surface area contributed by atoms with Crippen LogP contribution in [0.25, 0.3) is 0 Å². The summed E-state index contributed by atoms with van der Waals surface area (Å²) in [6.07, 6.45) is 0.0117. The third-order valence-electron chi connectivity index (χ3n) is 5.10. The van der Waals surface area contributed by atoms with Gasteiger partial charge in [0, 0.05) is 11.6 Å². The number of rotatable bonds is 4. The number of benzene rings is 1. The summed E-state index contributed by atoms with van der Waals surface area (Å²) in [5.41, 5.74) is 1.92. The van der Waals surface area contributed by atoms with E-state index in [0.717, 1.165) is 43.7 Å². The monoisotopic (exact) mass is 363 g/mol. The number of hydrogen-bond acceptors (Lipinski definition) is 2. The first-order chi connectivity index (χ1) is 12.4. The van der Waals surface area contributed by atoms with Crippen molar-refractivity contribution in [1.82, 2.24) is 15.1 Å². The highest BCUT2D eigenvalue weighted by molar-refractivity contribution is 5.76. The smallest absolute Gasteiger partial charge is 0.348 e. The first-order valence-electron chi connectivity index (χ1n) is 8.94. The maximum Gasteiger partial charge on any atom is 0.435 e. The molecule has 1 amide bonds. The number of nitrogens with one attached hydrogen (secondary N) is 1. The molecule has 26 heavy (non-hydrogen) atoms. The van der Waals surface area contributed by atoms with E-state index in [0.29, 0.717) is 5.69 Å². The summed E-state index contributed by atoms with van der Waals surface area (Å²) < 4.78 is 40.1. The standard InChI is InChI=1S/C19H20F3N3O/c20-19(21,22)17-10-16(13-8-9-13)25(24-17)11-18(26)23-15-7-3-5-12-4-1-2-6-14(12)15/h1-2,4,6,10,13,15H,3,5,7-9,11H2,(H,23,26)/t15-/m0/s1. The molecule has 138 valence electrons. The van der Waals surface area contributed by atoms with Crippen molar-refractivity contribution in [2.45, 2.75) is 56.8 Å². The van der Waals surface area contributed by atoms with E-state index >= 15 is 0 Å². The molecule has 0 saturated heterocycles. The molecule has 0 aliphatic heterocycles. The molecule has 2 aliphatic carbocycles. The SMILES string of the molecule is O=C(Cn1nc(C(F)(F)F)cc1C1CC1)N[C@H]1CCCc2ccccc21. The van der Waals surface area contributed by atoms with E-state index < -0.39 is 11.9 Å². The minimum atomic E-state index is -4.49. The van der Waals surface area contributed by atoms with Crippen LogP contribution in [0.3, 0.4) is 0 Å². The van der Waals surface area contributed by atoms with Gasteiger partial charge in [-0.1, -0.05) is 24.3 Å². The Hall–Kier alpha value is -2.31. The minimum Gasteiger partial charge on any atom is -0.348 e. The van der Waals surface area contributed by atoms with Gasteiger partial charge in [-0.05, 0) is 49.3 Å². The lowest BCUT2D eigenvalue weighted by molar-refractivity contribution is -0.141. The van der Waals surface area contributed by atoms with E-state index in [1.165, 1.54) is 10.2 Å². The van der Waals surface area contributed by atoms with Crippen LogP contribution in [-0.2, 0) is 23.9 Å². The predicted octanol–water partition coefficient (Wildman–Crippen LogP) is 3.97. The molecule has 1 heterocycles. The molecule has 1 aromatic carbocycles. The number of aryl methyl sites for hydroxylation is 1. The first-order valence-corrected chi connectivity index (χ1v) is 8.94. The minimum absolute atomic E-state index is 0.0850. The largest absolute Gasteiger partial charge is 0.435 e. The Kier molecular flexibility index (Phi) is 4.25. The zero-order chi connectivity index (χ0) is 18.3. The Morgan fingerprint density at radius 3 is 2.73 bits per heavy atom. The van der Waals surface area contributed by atoms with E-state index in [4.69, 9.17) is 0 Å². The summed E-state index contributed by atoms with van der Waals surface area (Å²) >= 11 is 0. The normalized spacial score (nSPS) is 19.9. The fourth-order valence-corrected chi connectivity index (χ4v) is 3.68. The summed E-state index contributed by atoms with van der Waals surface area (Å²) in [4.78, 5) is 12.5. The first kappa shape index (κ1) is 17.1. The highest BCUT2D eigenvalue weighted by Crippen LogP contribution is 2.42. The number of amides is 1. The molecule has 4 nitrogen and oxygen atoms in total. The molecule has 0 unspecified atom stereocenters. The van der Waals surface area contributed by atoms with Gasteiger partial charge >= 0.3 is 6.18 Å². The summed E-state index contributed by atoms with van der Waals surface area (Å²) in [6.45, 7) is -0.180. The predicted molar refractivity (Wildman–Crippen MR) is 89.5 cm³/mol. The second kappa shape index (κ2) is 6.45. The summed E-state index contributed by atoms with van der Waals surface area (Å²) in [6, 6.07) is 8.98. The molecule has 7 heteroatoms. The number of nitrogens with zero attached hydrogens (tertiary/aromatic N) is 2. The molecular weight excluding hydrogens is 343 g/mol. The Bertz CT molecular complexity index is 824. The van der Waals surface area contributed by atoms with Gasteiger partial charge in [0.1, 0.15) is 6.54 Å². The second-order valence-corrected chi connectivity index (χ2v) is 7.10. The van der Waals surface area contributed by atoms with Crippen LogP contribution < -0.4 is 5.32 Å². The number of aromatic nitrogens is 2. The molecule has 4 rings (SSSR count). The van der Waals surface area contributed by atoms with Gasteiger partial charge in [0.2, 0.25) is 5.91 Å². The number of carbonyl (C=O) groups is 1. The lowest BCUT2D eigenvalue weighted by atomic mass is 9.88. The highest BCUT2D eigenvalue weighted by Gasteiger charge is 2.38. The molecule has 0 spiro atoms. The van der Waals surface area contributed by atoms with Gasteiger partial charge in [-0.15, -0.1) is 0 Å². The highest BCUT2D eigenvalue weighted by atomic mass is 19.4. The van der Waals surface area contributed by atoms with Gasteiger partial charge in [-0.25, -0.2) is 0 Å². The molecule has 1 fully saturated rings. The van der Waals surface area contributed by atoms with Crippen molar-refractivity contribution in [3.63, 3.8) is 0 Å². The number of fused-ring (bicyclic) bond motifs is 1. The third kappa shape index (κ3) is 3.48. The Morgan fingerprint density at radius 1 is 1.23 bits per heavy atom. The van der Waals surface area contributed by atoms with Crippen LogP contribution >= 0.6 is 0 Å². The Labute approximate surface area is 149 Å². The van der Waals surface area contributed by atoms with Crippen molar-refractivity contribution in [1.29, 1.82) is 0 Å². The number of carbonyl (C=O) groups excluding carboxylic acids is 1. The van der Waals surface area contributed by atoms with Gasteiger partial charge in [0.05, 0.1) is 6.04 Å². The number of hydrogen-bond donors (Lipinski definition) is 1. The van der Waals surface area contributed by atoms with Crippen LogP contribution in [0.5, 0.6) is 0 Å². The van der Waals surface area contributed by atoms with Crippen LogP contribution in [0.4, 0.5) is 13.2 Å². The van der Waals surface area contributed by atoms with Crippen molar-refractivity contribution in [3.8, 4) is 0 Å². The fourth-order valence-electron chi connectivity index (χ4n) is 3.68. The van der Waals surface area contributed by atoms with Crippen LogP contribution in [0, 0.1) is 0 Å². The van der Waals surface area contributed by atoms with Crippen molar-refractivity contribution >= 4 is 5.91 Å². The molecule has 0 bridgehead atoms. The molecule has 1 atom stereocenters. The molecule has 2 aliphatic rings. The van der Waals surface area contributed by atoms with E-state index in [1.807, 2.05) is 18.2 Å². The molecule has 1 saturated carbocycles. The summed E-state index contributed by atoms with van der Waals surface area (Å²) in [5, 5.41) is 6.63. The van der Waals surface area contributed by atoms with E-state index in [9.17, 15) is 18.0 Å². The zero-order valence-corrected chi connectivity index (χ0v) is 14.2. The molecule has 0 radical (unpaired) electrons. The van der Waals surface area contributed by atoms with Crippen molar-refractivity contribution in [2.24, 2.45) is 0 Å². The molecule has 1 N–H and O–H groups in total. The van der Waals surface area contributed by atoms with E-state index in [2.05, 4.69) is 16.5 Å². The quantitative estimate of drug-likeness (QED) is 0.893. The van der Waals surface area contributed by atoms with Gasteiger partial charge in [0.25, 0.3) is 0 Å². The van der Waals surface area contributed by atoms with E-state index in [-0.39, 0.29) is 24.4 Å². The zero-order valence-electron chi connectivity index (χ0n) is 14.2. The van der Waals surface area contributed by atoms with E-state index in [1.54, 1.807) is 0 Å². The topological polar surface area (TPSA) is 46.9 Å². The van der Waals surface area contributed by atoms with Crippen molar-refractivity contribution < 1.29 is 18.0 Å². The Balaban J connectivity index is 1.50. The van der Waals surface area contributed by atoms with Crippen LogP contribution in [-0.4, -0.2) is 15.7 Å².